The number of aromatic amines is 1. The van der Waals surface area contributed by atoms with Gasteiger partial charge < -0.3 is 9.72 Å². The maximum atomic E-state index is 12.9. The largest absolute Gasteiger partial charge is 0.497 e. The van der Waals surface area contributed by atoms with E-state index in [1.54, 1.807) is 42.4 Å². The molecule has 0 atom stereocenters. The van der Waals surface area contributed by atoms with E-state index in [4.69, 9.17) is 4.74 Å². The van der Waals surface area contributed by atoms with Gasteiger partial charge in [0.05, 0.1) is 18.4 Å². The summed E-state index contributed by atoms with van der Waals surface area (Å²) in [5.41, 5.74) is 7.47. The molecule has 0 bridgehead atoms. The van der Waals surface area contributed by atoms with Crippen molar-refractivity contribution in [2.24, 2.45) is 0 Å². The van der Waals surface area contributed by atoms with Crippen molar-refractivity contribution in [1.29, 1.82) is 0 Å². The Bertz CT molecular complexity index is 1170. The number of aromatic nitrogens is 3. The summed E-state index contributed by atoms with van der Waals surface area (Å²) in [6.07, 6.45) is 3.25. The lowest BCUT2D eigenvalue weighted by Gasteiger charge is -2.07. The van der Waals surface area contributed by atoms with Gasteiger partial charge in [-0.25, -0.2) is 4.68 Å². The molecule has 2 amide bonds. The topological polar surface area (TPSA) is 101 Å². The number of H-pyrrole nitrogens is 1. The van der Waals surface area contributed by atoms with E-state index < -0.39 is 11.8 Å². The number of amides is 2. The number of rotatable bonds is 5. The van der Waals surface area contributed by atoms with Crippen LogP contribution in [0.2, 0.25) is 0 Å². The zero-order valence-corrected chi connectivity index (χ0v) is 16.1. The summed E-state index contributed by atoms with van der Waals surface area (Å²) >= 11 is 0. The lowest BCUT2D eigenvalue weighted by molar-refractivity contribution is 0.0844. The van der Waals surface area contributed by atoms with Gasteiger partial charge in [0.15, 0.2) is 0 Å². The highest BCUT2D eigenvalue weighted by Gasteiger charge is 2.20. The van der Waals surface area contributed by atoms with Gasteiger partial charge in [-0.2, -0.15) is 5.10 Å². The number of hydrazine groups is 1. The van der Waals surface area contributed by atoms with Crippen LogP contribution in [-0.4, -0.2) is 33.7 Å². The smallest absolute Gasteiger partial charge is 0.286 e. The van der Waals surface area contributed by atoms with Gasteiger partial charge >= 0.3 is 0 Å². The molecule has 3 N–H and O–H groups in total. The van der Waals surface area contributed by atoms with Gasteiger partial charge in [0, 0.05) is 18.0 Å². The Morgan fingerprint density at radius 1 is 0.967 bits per heavy atom. The average molecular weight is 401 g/mol. The summed E-state index contributed by atoms with van der Waals surface area (Å²) in [6, 6.07) is 20.0. The van der Waals surface area contributed by atoms with Crippen LogP contribution in [0, 0.1) is 0 Å². The molecule has 4 aromatic rings. The normalized spacial score (nSPS) is 10.4. The van der Waals surface area contributed by atoms with Crippen molar-refractivity contribution in [2.45, 2.75) is 0 Å². The molecule has 150 valence electrons. The summed E-state index contributed by atoms with van der Waals surface area (Å²) in [5.74, 6) is -0.296. The first-order valence-electron chi connectivity index (χ1n) is 9.19. The Morgan fingerprint density at radius 3 is 2.50 bits per heavy atom. The molecule has 2 aromatic carbocycles. The number of hydrogen-bond acceptors (Lipinski definition) is 4. The van der Waals surface area contributed by atoms with Gasteiger partial charge in [0.2, 0.25) is 0 Å². The van der Waals surface area contributed by atoms with E-state index in [1.165, 1.54) is 0 Å². The number of carbonyl (C=O) groups is 2. The van der Waals surface area contributed by atoms with Crippen LogP contribution in [0.1, 0.15) is 20.8 Å². The van der Waals surface area contributed by atoms with E-state index in [1.807, 2.05) is 48.5 Å². The first-order chi connectivity index (χ1) is 14.7. The summed E-state index contributed by atoms with van der Waals surface area (Å²) in [7, 11) is 1.57. The molecule has 0 aliphatic carbocycles. The third-order valence-electron chi connectivity index (χ3n) is 4.45. The van der Waals surface area contributed by atoms with E-state index >= 15 is 0 Å². The van der Waals surface area contributed by atoms with Crippen LogP contribution < -0.4 is 15.6 Å². The molecule has 0 saturated carbocycles. The van der Waals surface area contributed by atoms with Gasteiger partial charge in [0.25, 0.3) is 11.8 Å². The SMILES string of the molecule is COc1cccc(-c2nn(-c3ccccc3)cc2C(=O)NNC(=O)c2ccc[nH]2)c1. The number of carbonyl (C=O) groups excluding carboxylic acids is 2. The third kappa shape index (κ3) is 3.93. The van der Waals surface area contributed by atoms with Crippen molar-refractivity contribution in [3.05, 3.63) is 90.4 Å². The van der Waals surface area contributed by atoms with E-state index in [2.05, 4.69) is 20.9 Å². The lowest BCUT2D eigenvalue weighted by Crippen LogP contribution is -2.41. The fraction of sp³-hybridized carbons (Fsp3) is 0.0455. The lowest BCUT2D eigenvalue weighted by atomic mass is 10.1. The summed E-state index contributed by atoms with van der Waals surface area (Å²) in [5, 5.41) is 4.61. The van der Waals surface area contributed by atoms with Crippen molar-refractivity contribution >= 4 is 11.8 Å². The Kier molecular flexibility index (Phi) is 5.29. The van der Waals surface area contributed by atoms with Crippen molar-refractivity contribution in [3.63, 3.8) is 0 Å². The average Bonchev–Trinajstić information content (AvgIpc) is 3.48. The van der Waals surface area contributed by atoms with Gasteiger partial charge in [-0.1, -0.05) is 30.3 Å². The van der Waals surface area contributed by atoms with Crippen molar-refractivity contribution in [3.8, 4) is 22.7 Å². The second-order valence-electron chi connectivity index (χ2n) is 6.40. The summed E-state index contributed by atoms with van der Waals surface area (Å²) in [4.78, 5) is 27.8. The van der Waals surface area contributed by atoms with Crippen LogP contribution in [0.3, 0.4) is 0 Å². The van der Waals surface area contributed by atoms with Gasteiger partial charge in [0.1, 0.15) is 17.1 Å². The molecule has 4 rings (SSSR count). The van der Waals surface area contributed by atoms with Crippen LogP contribution in [0.4, 0.5) is 0 Å². The molecule has 0 spiro atoms. The van der Waals surface area contributed by atoms with Crippen LogP contribution in [0.15, 0.2) is 79.1 Å². The number of ether oxygens (including phenoxy) is 1. The maximum absolute atomic E-state index is 12.9. The summed E-state index contributed by atoms with van der Waals surface area (Å²) < 4.78 is 6.91. The third-order valence-corrected chi connectivity index (χ3v) is 4.45. The van der Waals surface area contributed by atoms with Crippen molar-refractivity contribution in [2.75, 3.05) is 7.11 Å². The first kappa shape index (κ1) is 19.0. The number of hydrogen-bond donors (Lipinski definition) is 3. The minimum Gasteiger partial charge on any atom is -0.497 e. The molecule has 0 fully saturated rings. The number of benzene rings is 2. The molecule has 0 aliphatic heterocycles. The predicted molar refractivity (Wildman–Crippen MR) is 111 cm³/mol. The summed E-state index contributed by atoms with van der Waals surface area (Å²) in [6.45, 7) is 0. The fourth-order valence-electron chi connectivity index (χ4n) is 2.96. The second kappa shape index (κ2) is 8.36. The standard InChI is InChI=1S/C22H19N5O3/c1-30-17-10-5-7-15(13-17)20-18(14-27(26-20)16-8-3-2-4-9-16)21(28)24-25-22(29)19-11-6-12-23-19/h2-14,23H,1H3,(H,24,28)(H,25,29). The van der Waals surface area contributed by atoms with Crippen molar-refractivity contribution in [1.82, 2.24) is 25.6 Å². The predicted octanol–water partition coefficient (Wildman–Crippen LogP) is 2.95. The number of nitrogens with zero attached hydrogens (tertiary/aromatic N) is 2. The molecule has 0 unspecified atom stereocenters. The molecular formula is C22H19N5O3. The maximum Gasteiger partial charge on any atom is 0.286 e. The Balaban J connectivity index is 1.67. The van der Waals surface area contributed by atoms with Crippen LogP contribution in [0.5, 0.6) is 5.75 Å². The molecule has 0 radical (unpaired) electrons. The second-order valence-corrected chi connectivity index (χ2v) is 6.40. The van der Waals surface area contributed by atoms with E-state index in [9.17, 15) is 9.59 Å². The highest BCUT2D eigenvalue weighted by molar-refractivity contribution is 6.02. The highest BCUT2D eigenvalue weighted by Crippen LogP contribution is 2.26. The van der Waals surface area contributed by atoms with Gasteiger partial charge in [-0.05, 0) is 36.4 Å². The van der Waals surface area contributed by atoms with E-state index in [0.717, 1.165) is 5.69 Å². The first-order valence-corrected chi connectivity index (χ1v) is 9.19. The minimum absolute atomic E-state index is 0.305. The van der Waals surface area contributed by atoms with E-state index in [-0.39, 0.29) is 0 Å². The molecule has 30 heavy (non-hydrogen) atoms. The van der Waals surface area contributed by atoms with Crippen molar-refractivity contribution < 1.29 is 14.3 Å². The molecule has 0 saturated heterocycles. The molecule has 2 heterocycles. The monoisotopic (exact) mass is 401 g/mol. The van der Waals surface area contributed by atoms with Crippen LogP contribution in [0.25, 0.3) is 16.9 Å². The number of nitrogens with one attached hydrogen (secondary N) is 3. The van der Waals surface area contributed by atoms with E-state index in [0.29, 0.717) is 28.3 Å². The zero-order chi connectivity index (χ0) is 20.9. The molecule has 8 nitrogen and oxygen atoms in total. The highest BCUT2D eigenvalue weighted by atomic mass is 16.5. The van der Waals surface area contributed by atoms with Crippen LogP contribution >= 0.6 is 0 Å². The minimum atomic E-state index is -0.491. The molecule has 2 aromatic heterocycles. The van der Waals surface area contributed by atoms with Gasteiger partial charge in [-0.3, -0.25) is 20.4 Å². The fourth-order valence-corrected chi connectivity index (χ4v) is 2.96. The van der Waals surface area contributed by atoms with Crippen LogP contribution in [-0.2, 0) is 0 Å². The number of para-hydroxylation sites is 1. The molecular weight excluding hydrogens is 382 g/mol. The molecule has 8 heteroatoms. The van der Waals surface area contributed by atoms with Gasteiger partial charge in [-0.15, -0.1) is 0 Å². The zero-order valence-electron chi connectivity index (χ0n) is 16.1. The Labute approximate surface area is 172 Å². The Hall–Kier alpha value is -4.33. The number of methoxy groups -OCH3 is 1. The quantitative estimate of drug-likeness (QED) is 0.448. The Morgan fingerprint density at radius 2 is 1.77 bits per heavy atom. The molecule has 0 aliphatic rings.